The van der Waals surface area contributed by atoms with E-state index in [2.05, 4.69) is 10.3 Å². The monoisotopic (exact) mass is 284 g/mol. The number of phenolic OH excluding ortho intramolecular Hbond substituents is 1. The molecule has 1 atom stereocenters. The summed E-state index contributed by atoms with van der Waals surface area (Å²) in [5, 5.41) is 21.8. The zero-order chi connectivity index (χ0) is 15.1. The maximum absolute atomic E-state index is 11.6. The number of carbonyl (C=O) groups is 1. The number of nitrogens with one attached hydrogen (secondary N) is 1. The Morgan fingerprint density at radius 1 is 1.33 bits per heavy atom. The van der Waals surface area contributed by atoms with Gasteiger partial charge in [0.2, 0.25) is 5.91 Å². The van der Waals surface area contributed by atoms with Crippen molar-refractivity contribution in [2.75, 3.05) is 6.54 Å². The minimum absolute atomic E-state index is 0.0691. The summed E-state index contributed by atoms with van der Waals surface area (Å²) in [5.41, 5.74) is 1.37. The quantitative estimate of drug-likeness (QED) is 0.729. The fourth-order valence-corrected chi connectivity index (χ4v) is 1.75. The molecule has 0 aliphatic heterocycles. The summed E-state index contributed by atoms with van der Waals surface area (Å²) in [6, 6.07) is 9.91. The predicted molar refractivity (Wildman–Crippen MR) is 79.3 cm³/mol. The summed E-state index contributed by atoms with van der Waals surface area (Å²) in [4.78, 5) is 15.6. The lowest BCUT2D eigenvalue weighted by Crippen LogP contribution is -2.26. The molecule has 0 aliphatic carbocycles. The Hall–Kier alpha value is -2.66. The van der Waals surface area contributed by atoms with Crippen LogP contribution in [0.25, 0.3) is 6.08 Å². The van der Waals surface area contributed by atoms with Crippen molar-refractivity contribution in [1.29, 1.82) is 0 Å². The Bertz CT molecular complexity index is 626. The zero-order valence-electron chi connectivity index (χ0n) is 11.3. The number of pyridine rings is 1. The van der Waals surface area contributed by atoms with E-state index in [0.717, 1.165) is 5.56 Å². The van der Waals surface area contributed by atoms with Crippen LogP contribution in [0.2, 0.25) is 0 Å². The highest BCUT2D eigenvalue weighted by Crippen LogP contribution is 2.17. The first kappa shape index (κ1) is 14.7. The van der Waals surface area contributed by atoms with Crippen LogP contribution in [0, 0.1) is 0 Å². The number of carbonyl (C=O) groups excluding carboxylic acids is 1. The molecule has 2 rings (SSSR count). The van der Waals surface area contributed by atoms with Crippen molar-refractivity contribution in [1.82, 2.24) is 10.3 Å². The van der Waals surface area contributed by atoms with E-state index in [4.69, 9.17) is 0 Å². The molecular formula is C16H16N2O3. The van der Waals surface area contributed by atoms with Crippen molar-refractivity contribution >= 4 is 12.0 Å². The molecule has 21 heavy (non-hydrogen) atoms. The number of benzene rings is 1. The lowest BCUT2D eigenvalue weighted by Gasteiger charge is -2.11. The standard InChI is InChI=1S/C16H16N2O3/c19-14-5-1-4-13(9-14)15(20)11-18-16(21)7-6-12-3-2-8-17-10-12/h1-10,15,19-20H,11H2,(H,18,21)/b7-6+. The minimum Gasteiger partial charge on any atom is -0.508 e. The normalized spacial score (nSPS) is 12.2. The number of aromatic hydroxyl groups is 1. The van der Waals surface area contributed by atoms with E-state index < -0.39 is 6.10 Å². The van der Waals surface area contributed by atoms with Crippen LogP contribution in [0.3, 0.4) is 0 Å². The highest BCUT2D eigenvalue weighted by molar-refractivity contribution is 5.91. The summed E-state index contributed by atoms with van der Waals surface area (Å²) in [5.74, 6) is -0.229. The number of hydrogen-bond acceptors (Lipinski definition) is 4. The molecule has 5 nitrogen and oxygen atoms in total. The molecule has 1 aromatic carbocycles. The van der Waals surface area contributed by atoms with Gasteiger partial charge in [0.1, 0.15) is 5.75 Å². The van der Waals surface area contributed by atoms with Gasteiger partial charge in [-0.2, -0.15) is 0 Å². The molecule has 1 heterocycles. The van der Waals surface area contributed by atoms with Crippen LogP contribution < -0.4 is 5.32 Å². The summed E-state index contributed by atoms with van der Waals surface area (Å²) < 4.78 is 0. The average Bonchev–Trinajstić information content (AvgIpc) is 2.51. The van der Waals surface area contributed by atoms with E-state index in [0.29, 0.717) is 5.56 Å². The second-order valence-corrected chi connectivity index (χ2v) is 4.48. The second-order valence-electron chi connectivity index (χ2n) is 4.48. The highest BCUT2D eigenvalue weighted by atomic mass is 16.3. The van der Waals surface area contributed by atoms with Crippen molar-refractivity contribution in [3.8, 4) is 5.75 Å². The van der Waals surface area contributed by atoms with E-state index in [9.17, 15) is 15.0 Å². The van der Waals surface area contributed by atoms with Crippen LogP contribution >= 0.6 is 0 Å². The Morgan fingerprint density at radius 2 is 2.19 bits per heavy atom. The van der Waals surface area contributed by atoms with Gasteiger partial charge in [0, 0.05) is 25.0 Å². The van der Waals surface area contributed by atoms with Gasteiger partial charge in [-0.05, 0) is 35.4 Å². The lowest BCUT2D eigenvalue weighted by atomic mass is 10.1. The molecule has 0 fully saturated rings. The first-order valence-corrected chi connectivity index (χ1v) is 6.48. The first-order valence-electron chi connectivity index (χ1n) is 6.48. The third kappa shape index (κ3) is 4.74. The molecule has 0 radical (unpaired) electrons. The Labute approximate surface area is 122 Å². The van der Waals surface area contributed by atoms with Gasteiger partial charge in [-0.15, -0.1) is 0 Å². The van der Waals surface area contributed by atoms with E-state index in [-0.39, 0.29) is 18.2 Å². The van der Waals surface area contributed by atoms with Crippen LogP contribution in [0.4, 0.5) is 0 Å². The van der Waals surface area contributed by atoms with Crippen LogP contribution in [0.5, 0.6) is 5.75 Å². The van der Waals surface area contributed by atoms with E-state index >= 15 is 0 Å². The van der Waals surface area contributed by atoms with Gasteiger partial charge in [-0.25, -0.2) is 0 Å². The zero-order valence-corrected chi connectivity index (χ0v) is 11.3. The van der Waals surface area contributed by atoms with Gasteiger partial charge >= 0.3 is 0 Å². The fourth-order valence-electron chi connectivity index (χ4n) is 1.75. The number of nitrogens with zero attached hydrogens (tertiary/aromatic N) is 1. The van der Waals surface area contributed by atoms with Gasteiger partial charge in [0.15, 0.2) is 0 Å². The molecule has 0 bridgehead atoms. The smallest absolute Gasteiger partial charge is 0.244 e. The van der Waals surface area contributed by atoms with Crippen molar-refractivity contribution in [2.24, 2.45) is 0 Å². The third-order valence-electron chi connectivity index (χ3n) is 2.84. The molecule has 3 N–H and O–H groups in total. The predicted octanol–water partition coefficient (Wildman–Crippen LogP) is 1.65. The Kier molecular flexibility index (Phi) is 5.06. The topological polar surface area (TPSA) is 82.5 Å². The van der Waals surface area contributed by atoms with Crippen molar-refractivity contribution < 1.29 is 15.0 Å². The maximum Gasteiger partial charge on any atom is 0.244 e. The SMILES string of the molecule is O=C(/C=C/c1cccnc1)NCC(O)c1cccc(O)c1. The second kappa shape index (κ2) is 7.21. The number of hydrogen-bond donors (Lipinski definition) is 3. The summed E-state index contributed by atoms with van der Waals surface area (Å²) in [6.45, 7) is 0.0691. The summed E-state index contributed by atoms with van der Waals surface area (Å²) in [7, 11) is 0. The molecule has 1 aromatic heterocycles. The number of aromatic nitrogens is 1. The van der Waals surface area contributed by atoms with Crippen LogP contribution in [-0.2, 0) is 4.79 Å². The van der Waals surface area contributed by atoms with Gasteiger partial charge in [-0.1, -0.05) is 18.2 Å². The molecule has 5 heteroatoms. The minimum atomic E-state index is -0.868. The van der Waals surface area contributed by atoms with Crippen LogP contribution in [-0.4, -0.2) is 27.6 Å². The molecule has 1 amide bonds. The van der Waals surface area contributed by atoms with Crippen molar-refractivity contribution in [3.63, 3.8) is 0 Å². The van der Waals surface area contributed by atoms with Gasteiger partial charge in [0.05, 0.1) is 6.10 Å². The van der Waals surface area contributed by atoms with E-state index in [1.54, 1.807) is 36.7 Å². The molecule has 0 spiro atoms. The molecule has 0 saturated carbocycles. The number of rotatable bonds is 5. The summed E-state index contributed by atoms with van der Waals surface area (Å²) in [6.07, 6.45) is 5.46. The number of aliphatic hydroxyl groups is 1. The van der Waals surface area contributed by atoms with Gasteiger partial charge < -0.3 is 15.5 Å². The van der Waals surface area contributed by atoms with E-state index in [1.807, 2.05) is 6.07 Å². The highest BCUT2D eigenvalue weighted by Gasteiger charge is 2.08. The van der Waals surface area contributed by atoms with Gasteiger partial charge in [0.25, 0.3) is 0 Å². The third-order valence-corrected chi connectivity index (χ3v) is 2.84. The van der Waals surface area contributed by atoms with Crippen LogP contribution in [0.15, 0.2) is 54.9 Å². The number of aliphatic hydroxyl groups excluding tert-OH is 1. The molecule has 108 valence electrons. The van der Waals surface area contributed by atoms with Crippen molar-refractivity contribution in [3.05, 3.63) is 66.0 Å². The van der Waals surface area contributed by atoms with Gasteiger partial charge in [-0.3, -0.25) is 9.78 Å². The molecule has 1 unspecified atom stereocenters. The lowest BCUT2D eigenvalue weighted by molar-refractivity contribution is -0.116. The summed E-state index contributed by atoms with van der Waals surface area (Å²) >= 11 is 0. The Morgan fingerprint density at radius 3 is 2.90 bits per heavy atom. The molecule has 2 aromatic rings. The number of phenols is 1. The molecular weight excluding hydrogens is 268 g/mol. The Balaban J connectivity index is 1.85. The largest absolute Gasteiger partial charge is 0.508 e. The fraction of sp³-hybridized carbons (Fsp3) is 0.125. The van der Waals surface area contributed by atoms with Crippen LogP contribution in [0.1, 0.15) is 17.2 Å². The average molecular weight is 284 g/mol. The van der Waals surface area contributed by atoms with E-state index in [1.165, 1.54) is 18.2 Å². The first-order chi connectivity index (χ1) is 10.1. The number of amides is 1. The van der Waals surface area contributed by atoms with Crippen molar-refractivity contribution in [2.45, 2.75) is 6.10 Å². The maximum atomic E-state index is 11.6. The molecule has 0 aliphatic rings. The molecule has 0 saturated heterocycles.